The maximum atomic E-state index is 12.2. The fraction of sp³-hybridized carbons (Fsp3) is 0.261. The number of aryl methyl sites for hydroxylation is 2. The van der Waals surface area contributed by atoms with Gasteiger partial charge in [-0.2, -0.15) is 5.10 Å². The van der Waals surface area contributed by atoms with Crippen LogP contribution < -0.4 is 5.43 Å². The Morgan fingerprint density at radius 1 is 1.23 bits per heavy atom. The average Bonchev–Trinajstić information content (AvgIpc) is 3.24. The van der Waals surface area contributed by atoms with Crippen molar-refractivity contribution in [1.82, 2.24) is 9.99 Å². The van der Waals surface area contributed by atoms with Crippen LogP contribution >= 0.6 is 22.9 Å². The first-order valence-corrected chi connectivity index (χ1v) is 11.2. The molecule has 1 aliphatic rings. The molecule has 6 nitrogen and oxygen atoms in total. The highest BCUT2D eigenvalue weighted by molar-refractivity contribution is 7.15. The Balaban J connectivity index is 1.63. The molecule has 0 saturated heterocycles. The molecule has 0 fully saturated rings. The van der Waals surface area contributed by atoms with Crippen molar-refractivity contribution in [1.29, 1.82) is 0 Å². The van der Waals surface area contributed by atoms with Gasteiger partial charge in [0.1, 0.15) is 5.00 Å². The van der Waals surface area contributed by atoms with E-state index in [-0.39, 0.29) is 5.91 Å². The maximum Gasteiger partial charge on any atom is 0.339 e. The number of halogens is 1. The molecule has 3 aromatic rings. The fourth-order valence-electron chi connectivity index (χ4n) is 4.02. The number of aromatic carboxylic acids is 1. The number of hydrogen-bond donors (Lipinski definition) is 2. The van der Waals surface area contributed by atoms with E-state index in [1.807, 2.05) is 24.5 Å². The topological polar surface area (TPSA) is 83.7 Å². The van der Waals surface area contributed by atoms with Crippen molar-refractivity contribution in [2.45, 2.75) is 39.5 Å². The second-order valence-electron chi connectivity index (χ2n) is 7.57. The van der Waals surface area contributed by atoms with E-state index >= 15 is 0 Å². The quantitative estimate of drug-likeness (QED) is 0.412. The zero-order chi connectivity index (χ0) is 22.1. The molecule has 2 N–H and O–H groups in total. The molecule has 0 saturated carbocycles. The molecule has 1 amide bonds. The molecule has 0 bridgehead atoms. The Morgan fingerprint density at radius 2 is 2.00 bits per heavy atom. The minimum Gasteiger partial charge on any atom is -0.478 e. The molecule has 1 aliphatic carbocycles. The average molecular weight is 456 g/mol. The van der Waals surface area contributed by atoms with Crippen LogP contribution in [0.5, 0.6) is 0 Å². The number of nitrogens with zero attached hydrogens (tertiary/aromatic N) is 2. The van der Waals surface area contributed by atoms with Crippen molar-refractivity contribution in [2.24, 2.45) is 5.10 Å². The molecule has 0 spiro atoms. The van der Waals surface area contributed by atoms with E-state index in [4.69, 9.17) is 11.6 Å². The van der Waals surface area contributed by atoms with Gasteiger partial charge < -0.3 is 9.67 Å². The number of carbonyl (C=O) groups is 2. The summed E-state index contributed by atoms with van der Waals surface area (Å²) in [4.78, 5) is 25.5. The summed E-state index contributed by atoms with van der Waals surface area (Å²) in [6.45, 7) is 3.87. The number of carboxylic acid groups (broad SMARTS) is 1. The highest BCUT2D eigenvalue weighted by Gasteiger charge is 2.27. The summed E-state index contributed by atoms with van der Waals surface area (Å²) in [7, 11) is 0. The molecular formula is C23H22ClN3O3S. The Hall–Kier alpha value is -2.90. The smallest absolute Gasteiger partial charge is 0.339 e. The molecule has 8 heteroatoms. The predicted octanol–water partition coefficient (Wildman–Crippen LogP) is 5.15. The standard InChI is InChI=1S/C23H22ClN3O3S/c1-13-10-16(12-25-26-21(28)15-6-5-7-17(24)11-15)14(2)27(13)22-20(23(29)30)18-8-3-4-9-19(18)31-22/h5-7,10-12H,3-4,8-9H2,1-2H3,(H,26,28)(H,29,30)/b25-12-. The number of aromatic nitrogens is 1. The molecule has 2 heterocycles. The molecular weight excluding hydrogens is 434 g/mol. The van der Waals surface area contributed by atoms with Gasteiger partial charge in [-0.25, -0.2) is 10.2 Å². The Morgan fingerprint density at radius 3 is 2.74 bits per heavy atom. The second-order valence-corrected chi connectivity index (χ2v) is 9.09. The first kappa shape index (κ1) is 21.3. The zero-order valence-corrected chi connectivity index (χ0v) is 18.8. The molecule has 1 aromatic carbocycles. The molecule has 0 atom stereocenters. The van der Waals surface area contributed by atoms with Crippen molar-refractivity contribution in [3.05, 3.63) is 73.9 Å². The lowest BCUT2D eigenvalue weighted by Crippen LogP contribution is -2.17. The summed E-state index contributed by atoms with van der Waals surface area (Å²) in [6.07, 6.45) is 5.45. The van der Waals surface area contributed by atoms with Gasteiger partial charge in [0.15, 0.2) is 0 Å². The molecule has 0 unspecified atom stereocenters. The monoisotopic (exact) mass is 455 g/mol. The van der Waals surface area contributed by atoms with Gasteiger partial charge in [0, 0.05) is 32.4 Å². The second kappa shape index (κ2) is 8.69. The number of thiophene rings is 1. The minimum atomic E-state index is -0.883. The highest BCUT2D eigenvalue weighted by atomic mass is 35.5. The van der Waals surface area contributed by atoms with Crippen molar-refractivity contribution in [3.63, 3.8) is 0 Å². The third kappa shape index (κ3) is 4.16. The predicted molar refractivity (Wildman–Crippen MR) is 123 cm³/mol. The molecule has 160 valence electrons. The lowest BCUT2D eigenvalue weighted by Gasteiger charge is -2.11. The van der Waals surface area contributed by atoms with E-state index in [0.717, 1.165) is 53.2 Å². The van der Waals surface area contributed by atoms with Crippen molar-refractivity contribution in [2.75, 3.05) is 0 Å². The van der Waals surface area contributed by atoms with E-state index in [1.165, 1.54) is 4.88 Å². The van der Waals surface area contributed by atoms with Crippen LogP contribution in [0.1, 0.15) is 60.9 Å². The Labute approximate surface area is 189 Å². The largest absolute Gasteiger partial charge is 0.478 e. The van der Waals surface area contributed by atoms with E-state index in [9.17, 15) is 14.7 Å². The third-order valence-electron chi connectivity index (χ3n) is 5.50. The van der Waals surface area contributed by atoms with Gasteiger partial charge in [0.05, 0.1) is 11.8 Å². The number of hydrogen-bond acceptors (Lipinski definition) is 4. The number of rotatable bonds is 5. The minimum absolute atomic E-state index is 0.355. The summed E-state index contributed by atoms with van der Waals surface area (Å²) in [6, 6.07) is 8.58. The Bertz CT molecular complexity index is 1210. The number of carboxylic acids is 1. The van der Waals surface area contributed by atoms with Crippen LogP contribution in [-0.2, 0) is 12.8 Å². The zero-order valence-electron chi connectivity index (χ0n) is 17.2. The SMILES string of the molecule is Cc1cc(/C=N\NC(=O)c2cccc(Cl)c2)c(C)n1-c1sc2c(c1C(=O)O)CCCC2. The number of amides is 1. The van der Waals surface area contributed by atoms with E-state index in [1.54, 1.807) is 41.8 Å². The van der Waals surface area contributed by atoms with Crippen LogP contribution in [-0.4, -0.2) is 27.8 Å². The lowest BCUT2D eigenvalue weighted by atomic mass is 9.95. The molecule has 0 aliphatic heterocycles. The summed E-state index contributed by atoms with van der Waals surface area (Å²) in [5.74, 6) is -1.24. The Kier molecular flexibility index (Phi) is 5.98. The normalized spacial score (nSPS) is 13.4. The summed E-state index contributed by atoms with van der Waals surface area (Å²) in [5.41, 5.74) is 6.93. The molecule has 4 rings (SSSR count). The van der Waals surface area contributed by atoms with Crippen LogP contribution in [0.4, 0.5) is 0 Å². The van der Waals surface area contributed by atoms with E-state index in [2.05, 4.69) is 10.5 Å². The number of nitrogens with one attached hydrogen (secondary N) is 1. The van der Waals surface area contributed by atoms with E-state index < -0.39 is 5.97 Å². The van der Waals surface area contributed by atoms with Gasteiger partial charge in [-0.15, -0.1) is 11.3 Å². The number of carbonyl (C=O) groups excluding carboxylic acids is 1. The van der Waals surface area contributed by atoms with Crippen LogP contribution in [0.15, 0.2) is 35.4 Å². The highest BCUT2D eigenvalue weighted by Crippen LogP contribution is 2.38. The molecule has 31 heavy (non-hydrogen) atoms. The van der Waals surface area contributed by atoms with E-state index in [0.29, 0.717) is 16.1 Å². The molecule has 0 radical (unpaired) electrons. The van der Waals surface area contributed by atoms with Crippen LogP contribution in [0, 0.1) is 13.8 Å². The van der Waals surface area contributed by atoms with Crippen molar-refractivity contribution in [3.8, 4) is 5.00 Å². The number of hydrazone groups is 1. The van der Waals surface area contributed by atoms with Crippen LogP contribution in [0.3, 0.4) is 0 Å². The van der Waals surface area contributed by atoms with Gasteiger partial charge in [0.25, 0.3) is 5.91 Å². The van der Waals surface area contributed by atoms with Crippen molar-refractivity contribution >= 4 is 41.0 Å². The van der Waals surface area contributed by atoms with Gasteiger partial charge in [-0.1, -0.05) is 17.7 Å². The van der Waals surface area contributed by atoms with Gasteiger partial charge in [0.2, 0.25) is 0 Å². The molecule has 2 aromatic heterocycles. The first-order chi connectivity index (χ1) is 14.9. The van der Waals surface area contributed by atoms with Gasteiger partial charge >= 0.3 is 5.97 Å². The first-order valence-electron chi connectivity index (χ1n) is 10.0. The lowest BCUT2D eigenvalue weighted by molar-refractivity contribution is 0.0695. The maximum absolute atomic E-state index is 12.2. The van der Waals surface area contributed by atoms with Gasteiger partial charge in [-0.05, 0) is 69.4 Å². The van der Waals surface area contributed by atoms with Crippen LogP contribution in [0.2, 0.25) is 5.02 Å². The number of benzene rings is 1. The van der Waals surface area contributed by atoms with Gasteiger partial charge in [-0.3, -0.25) is 4.79 Å². The van der Waals surface area contributed by atoms with Crippen molar-refractivity contribution < 1.29 is 14.7 Å². The number of fused-ring (bicyclic) bond motifs is 1. The summed E-state index contributed by atoms with van der Waals surface area (Å²) < 4.78 is 1.98. The fourth-order valence-corrected chi connectivity index (χ4v) is 5.70. The summed E-state index contributed by atoms with van der Waals surface area (Å²) in [5, 5.41) is 15.2. The third-order valence-corrected chi connectivity index (χ3v) is 7.01. The van der Waals surface area contributed by atoms with Crippen LogP contribution in [0.25, 0.3) is 5.00 Å². The summed E-state index contributed by atoms with van der Waals surface area (Å²) >= 11 is 7.50.